The Kier molecular flexibility index (Phi) is 3.87. The predicted octanol–water partition coefficient (Wildman–Crippen LogP) is 5.24. The molecule has 0 amide bonds. The zero-order valence-corrected chi connectivity index (χ0v) is 13.9. The van der Waals surface area contributed by atoms with Gasteiger partial charge in [0.1, 0.15) is 0 Å². The monoisotopic (exact) mass is 316 g/mol. The predicted molar refractivity (Wildman–Crippen MR) is 90.3 cm³/mol. The molecule has 4 heteroatoms. The highest BCUT2D eigenvalue weighted by Crippen LogP contribution is 2.29. The molecule has 2 heterocycles. The summed E-state index contributed by atoms with van der Waals surface area (Å²) in [6.45, 7) is 7.11. The standard InChI is InChI=1S/C17H17ClN2S/c1-11-8-15(17-10-21-13(3)19-17)12(2)20(11)9-14-6-4-5-7-16(14)18/h4-8,10H,9H2,1-3H3. The van der Waals surface area contributed by atoms with Gasteiger partial charge in [0.2, 0.25) is 0 Å². The van der Waals surface area contributed by atoms with Crippen LogP contribution in [-0.4, -0.2) is 9.55 Å². The minimum absolute atomic E-state index is 0.792. The third-order valence-corrected chi connectivity index (χ3v) is 4.90. The van der Waals surface area contributed by atoms with Gasteiger partial charge in [-0.05, 0) is 38.5 Å². The molecule has 0 atom stereocenters. The Balaban J connectivity index is 2.01. The fourth-order valence-corrected chi connectivity index (χ4v) is 3.40. The van der Waals surface area contributed by atoms with E-state index in [2.05, 4.69) is 40.9 Å². The quantitative estimate of drug-likeness (QED) is 0.646. The van der Waals surface area contributed by atoms with Crippen molar-refractivity contribution in [3.05, 3.63) is 62.7 Å². The third kappa shape index (κ3) is 2.76. The maximum atomic E-state index is 6.28. The fraction of sp³-hybridized carbons (Fsp3) is 0.235. The van der Waals surface area contributed by atoms with E-state index >= 15 is 0 Å². The Morgan fingerprint density at radius 3 is 2.62 bits per heavy atom. The largest absolute Gasteiger partial charge is 0.344 e. The van der Waals surface area contributed by atoms with E-state index in [4.69, 9.17) is 11.6 Å². The Morgan fingerprint density at radius 2 is 1.95 bits per heavy atom. The van der Waals surface area contributed by atoms with Gasteiger partial charge in [-0.1, -0.05) is 29.8 Å². The van der Waals surface area contributed by atoms with Crippen LogP contribution in [0.5, 0.6) is 0 Å². The molecule has 0 saturated carbocycles. The van der Waals surface area contributed by atoms with Crippen LogP contribution < -0.4 is 0 Å². The van der Waals surface area contributed by atoms with Crippen LogP contribution in [0.1, 0.15) is 22.0 Å². The second-order valence-corrected chi connectivity index (χ2v) is 6.68. The Labute approximate surface area is 134 Å². The van der Waals surface area contributed by atoms with Crippen LogP contribution in [0.4, 0.5) is 0 Å². The van der Waals surface area contributed by atoms with E-state index in [0.29, 0.717) is 0 Å². The minimum atomic E-state index is 0.792. The summed E-state index contributed by atoms with van der Waals surface area (Å²) >= 11 is 7.97. The van der Waals surface area contributed by atoms with Gasteiger partial charge in [0, 0.05) is 33.9 Å². The maximum absolute atomic E-state index is 6.28. The topological polar surface area (TPSA) is 17.8 Å². The number of hydrogen-bond donors (Lipinski definition) is 0. The van der Waals surface area contributed by atoms with Crippen molar-refractivity contribution in [3.63, 3.8) is 0 Å². The molecule has 3 aromatic rings. The molecule has 2 aromatic heterocycles. The molecule has 0 saturated heterocycles. The first-order valence-electron chi connectivity index (χ1n) is 6.89. The molecular weight excluding hydrogens is 300 g/mol. The molecule has 0 aliphatic rings. The average molecular weight is 317 g/mol. The summed E-state index contributed by atoms with van der Waals surface area (Å²) in [5.74, 6) is 0. The molecule has 0 radical (unpaired) electrons. The van der Waals surface area contributed by atoms with E-state index < -0.39 is 0 Å². The summed E-state index contributed by atoms with van der Waals surface area (Å²) in [5.41, 5.74) is 5.88. The number of benzene rings is 1. The van der Waals surface area contributed by atoms with Crippen LogP contribution in [0, 0.1) is 20.8 Å². The van der Waals surface area contributed by atoms with Gasteiger partial charge in [-0.25, -0.2) is 4.98 Å². The second kappa shape index (κ2) is 5.66. The second-order valence-electron chi connectivity index (χ2n) is 5.21. The van der Waals surface area contributed by atoms with E-state index in [1.54, 1.807) is 11.3 Å². The number of aromatic nitrogens is 2. The number of halogens is 1. The molecular formula is C17H17ClN2S. The summed E-state index contributed by atoms with van der Waals surface area (Å²) in [6, 6.07) is 10.2. The van der Waals surface area contributed by atoms with Crippen molar-refractivity contribution < 1.29 is 0 Å². The van der Waals surface area contributed by atoms with Gasteiger partial charge in [0.25, 0.3) is 0 Å². The summed E-state index contributed by atoms with van der Waals surface area (Å²) < 4.78 is 2.30. The summed E-state index contributed by atoms with van der Waals surface area (Å²) in [7, 11) is 0. The summed E-state index contributed by atoms with van der Waals surface area (Å²) in [5, 5.41) is 4.04. The molecule has 21 heavy (non-hydrogen) atoms. The van der Waals surface area contributed by atoms with Crippen molar-refractivity contribution in [1.82, 2.24) is 9.55 Å². The lowest BCUT2D eigenvalue weighted by atomic mass is 10.2. The number of hydrogen-bond acceptors (Lipinski definition) is 2. The smallest absolute Gasteiger partial charge is 0.0901 e. The van der Waals surface area contributed by atoms with Crippen molar-refractivity contribution in [2.24, 2.45) is 0 Å². The first-order chi connectivity index (χ1) is 10.1. The van der Waals surface area contributed by atoms with E-state index in [1.165, 1.54) is 17.0 Å². The van der Waals surface area contributed by atoms with Gasteiger partial charge >= 0.3 is 0 Å². The van der Waals surface area contributed by atoms with Crippen molar-refractivity contribution in [1.29, 1.82) is 0 Å². The lowest BCUT2D eigenvalue weighted by Gasteiger charge is -2.11. The molecule has 2 nitrogen and oxygen atoms in total. The minimum Gasteiger partial charge on any atom is -0.344 e. The van der Waals surface area contributed by atoms with Gasteiger partial charge in [0.05, 0.1) is 10.7 Å². The molecule has 0 unspecified atom stereocenters. The molecule has 0 bridgehead atoms. The molecule has 0 N–H and O–H groups in total. The summed E-state index contributed by atoms with van der Waals surface area (Å²) in [4.78, 5) is 4.60. The highest BCUT2D eigenvalue weighted by Gasteiger charge is 2.13. The normalized spacial score (nSPS) is 11.0. The lowest BCUT2D eigenvalue weighted by Crippen LogP contribution is -2.04. The Hall–Kier alpha value is -1.58. The van der Waals surface area contributed by atoms with E-state index in [-0.39, 0.29) is 0 Å². The highest BCUT2D eigenvalue weighted by molar-refractivity contribution is 7.09. The van der Waals surface area contributed by atoms with E-state index in [0.717, 1.165) is 27.8 Å². The molecule has 0 spiro atoms. The molecule has 0 aliphatic carbocycles. The molecule has 0 fully saturated rings. The van der Waals surface area contributed by atoms with Crippen LogP contribution in [0.25, 0.3) is 11.3 Å². The zero-order chi connectivity index (χ0) is 15.0. The van der Waals surface area contributed by atoms with Gasteiger partial charge < -0.3 is 4.57 Å². The summed E-state index contributed by atoms with van der Waals surface area (Å²) in [6.07, 6.45) is 0. The van der Waals surface area contributed by atoms with Crippen LogP contribution >= 0.6 is 22.9 Å². The molecule has 3 rings (SSSR count). The maximum Gasteiger partial charge on any atom is 0.0901 e. The number of nitrogens with zero attached hydrogens (tertiary/aromatic N) is 2. The van der Waals surface area contributed by atoms with Crippen molar-refractivity contribution in [3.8, 4) is 11.3 Å². The number of thiazole rings is 1. The molecule has 0 aliphatic heterocycles. The fourth-order valence-electron chi connectivity index (χ4n) is 2.59. The van der Waals surface area contributed by atoms with E-state index in [1.807, 2.05) is 25.1 Å². The molecule has 108 valence electrons. The molecule has 1 aromatic carbocycles. The van der Waals surface area contributed by atoms with Crippen LogP contribution in [0.15, 0.2) is 35.7 Å². The van der Waals surface area contributed by atoms with Crippen molar-refractivity contribution >= 4 is 22.9 Å². The van der Waals surface area contributed by atoms with Gasteiger partial charge in [0.15, 0.2) is 0 Å². The SMILES string of the molecule is Cc1nc(-c2cc(C)n(Cc3ccccc3Cl)c2C)cs1. The highest BCUT2D eigenvalue weighted by atomic mass is 35.5. The van der Waals surface area contributed by atoms with Crippen LogP contribution in [-0.2, 0) is 6.54 Å². The third-order valence-electron chi connectivity index (χ3n) is 3.75. The first kappa shape index (κ1) is 14.4. The van der Waals surface area contributed by atoms with Crippen molar-refractivity contribution in [2.45, 2.75) is 27.3 Å². The first-order valence-corrected chi connectivity index (χ1v) is 8.14. The Morgan fingerprint density at radius 1 is 1.19 bits per heavy atom. The van der Waals surface area contributed by atoms with Gasteiger partial charge in [-0.15, -0.1) is 11.3 Å². The van der Waals surface area contributed by atoms with Gasteiger partial charge in [-0.2, -0.15) is 0 Å². The number of aryl methyl sites for hydroxylation is 2. The van der Waals surface area contributed by atoms with Crippen LogP contribution in [0.2, 0.25) is 5.02 Å². The lowest BCUT2D eigenvalue weighted by molar-refractivity contribution is 0.750. The zero-order valence-electron chi connectivity index (χ0n) is 12.4. The average Bonchev–Trinajstić information content (AvgIpc) is 2.99. The van der Waals surface area contributed by atoms with Gasteiger partial charge in [-0.3, -0.25) is 0 Å². The van der Waals surface area contributed by atoms with Crippen LogP contribution in [0.3, 0.4) is 0 Å². The number of rotatable bonds is 3. The van der Waals surface area contributed by atoms with Crippen molar-refractivity contribution in [2.75, 3.05) is 0 Å². The van der Waals surface area contributed by atoms with E-state index in [9.17, 15) is 0 Å². The Bertz CT molecular complexity index is 786.